The van der Waals surface area contributed by atoms with Crippen molar-refractivity contribution in [3.63, 3.8) is 0 Å². The maximum Gasteiger partial charge on any atom is 0.248 e. The van der Waals surface area contributed by atoms with Crippen LogP contribution >= 0.6 is 11.8 Å². The molecule has 0 unspecified atom stereocenters. The Labute approximate surface area is 154 Å². The van der Waals surface area contributed by atoms with Crippen LogP contribution in [0.4, 0.5) is 0 Å². The third-order valence-corrected chi connectivity index (χ3v) is 6.75. The first-order chi connectivity index (χ1) is 12.1. The topological polar surface area (TPSA) is 70.7 Å². The molecule has 0 aromatic heterocycles. The molecule has 1 aromatic rings. The zero-order chi connectivity index (χ0) is 17.7. The van der Waals surface area contributed by atoms with E-state index < -0.39 is 0 Å². The van der Waals surface area contributed by atoms with E-state index in [0.29, 0.717) is 16.9 Å². The predicted molar refractivity (Wildman–Crippen MR) is 105 cm³/mol. The van der Waals surface area contributed by atoms with E-state index in [0.717, 1.165) is 24.6 Å². The summed E-state index contributed by atoms with van der Waals surface area (Å²) in [6.45, 7) is 2.84. The molecular formula is C19H28N4OS. The number of hydrogen-bond donors (Lipinski definition) is 2. The number of nitrogens with one attached hydrogen (secondary N) is 1. The molecule has 1 aromatic carbocycles. The van der Waals surface area contributed by atoms with E-state index in [2.05, 4.69) is 27.0 Å². The van der Waals surface area contributed by atoms with Crippen LogP contribution in [-0.2, 0) is 6.54 Å². The number of aliphatic imine (C=N–C) groups is 1. The van der Waals surface area contributed by atoms with Crippen LogP contribution in [0.25, 0.3) is 0 Å². The Morgan fingerprint density at radius 1 is 1.28 bits per heavy atom. The summed E-state index contributed by atoms with van der Waals surface area (Å²) in [5.74, 6) is 1.76. The van der Waals surface area contributed by atoms with Gasteiger partial charge in [0.15, 0.2) is 5.96 Å². The summed E-state index contributed by atoms with van der Waals surface area (Å²) in [6, 6.07) is 7.43. The monoisotopic (exact) mass is 360 g/mol. The zero-order valence-corrected chi connectivity index (χ0v) is 15.8. The number of amides is 1. The van der Waals surface area contributed by atoms with Gasteiger partial charge in [-0.25, -0.2) is 0 Å². The van der Waals surface area contributed by atoms with Crippen molar-refractivity contribution in [2.45, 2.75) is 43.4 Å². The molecule has 3 N–H and O–H groups in total. The molecule has 1 heterocycles. The van der Waals surface area contributed by atoms with Crippen LogP contribution in [0.5, 0.6) is 0 Å². The maximum absolute atomic E-state index is 11.2. The first-order valence-electron chi connectivity index (χ1n) is 9.10. The number of nitrogens with zero attached hydrogens (tertiary/aromatic N) is 2. The smallest absolute Gasteiger partial charge is 0.248 e. The van der Waals surface area contributed by atoms with E-state index in [4.69, 9.17) is 5.73 Å². The van der Waals surface area contributed by atoms with Crippen molar-refractivity contribution < 1.29 is 4.79 Å². The van der Waals surface area contributed by atoms with Crippen LogP contribution in [0.3, 0.4) is 0 Å². The first-order valence-corrected chi connectivity index (χ1v) is 10.1. The summed E-state index contributed by atoms with van der Waals surface area (Å²) in [6.07, 6.45) is 6.77. The lowest BCUT2D eigenvalue weighted by atomic mass is 9.87. The molecule has 5 nitrogen and oxygen atoms in total. The average Bonchev–Trinajstić information content (AvgIpc) is 2.63. The van der Waals surface area contributed by atoms with Gasteiger partial charge < -0.3 is 16.0 Å². The van der Waals surface area contributed by atoms with Crippen molar-refractivity contribution in [1.29, 1.82) is 0 Å². The highest BCUT2D eigenvalue weighted by Gasteiger charge is 2.38. The number of benzene rings is 1. The van der Waals surface area contributed by atoms with Crippen molar-refractivity contribution in [3.8, 4) is 0 Å². The SMILES string of the molecule is CN=C(NCc1ccc(C(N)=O)cc1)N1CCSC2(CCCCC2)C1. The van der Waals surface area contributed by atoms with Crippen molar-refractivity contribution in [2.75, 3.05) is 25.9 Å². The van der Waals surface area contributed by atoms with Gasteiger partial charge in [-0.2, -0.15) is 11.8 Å². The number of primary amides is 1. The maximum atomic E-state index is 11.2. The fraction of sp³-hybridized carbons (Fsp3) is 0.579. The Hall–Kier alpha value is -1.69. The van der Waals surface area contributed by atoms with Gasteiger partial charge in [0.25, 0.3) is 0 Å². The Morgan fingerprint density at radius 3 is 2.64 bits per heavy atom. The van der Waals surface area contributed by atoms with Gasteiger partial charge in [-0.3, -0.25) is 9.79 Å². The van der Waals surface area contributed by atoms with E-state index in [1.54, 1.807) is 12.1 Å². The molecule has 1 amide bonds. The van der Waals surface area contributed by atoms with Crippen LogP contribution in [0, 0.1) is 0 Å². The highest BCUT2D eigenvalue weighted by molar-refractivity contribution is 8.00. The molecule has 136 valence electrons. The molecule has 2 fully saturated rings. The third-order valence-electron chi connectivity index (χ3n) is 5.21. The summed E-state index contributed by atoms with van der Waals surface area (Å²) in [4.78, 5) is 18.1. The van der Waals surface area contributed by atoms with Gasteiger partial charge in [0, 0.05) is 42.7 Å². The van der Waals surface area contributed by atoms with Crippen molar-refractivity contribution >= 4 is 23.6 Å². The average molecular weight is 361 g/mol. The molecule has 1 aliphatic carbocycles. The molecule has 3 rings (SSSR count). The standard InChI is InChI=1S/C19H28N4OS/c1-21-18(22-13-15-5-7-16(8-6-15)17(20)24)23-11-12-25-19(14-23)9-3-2-4-10-19/h5-8H,2-4,9-14H2,1H3,(H2,20,24)(H,21,22). The molecule has 1 saturated heterocycles. The Morgan fingerprint density at radius 2 is 2.00 bits per heavy atom. The second kappa shape index (κ2) is 8.13. The highest BCUT2D eigenvalue weighted by atomic mass is 32.2. The fourth-order valence-electron chi connectivity index (χ4n) is 3.82. The number of guanidine groups is 1. The van der Waals surface area contributed by atoms with Gasteiger partial charge in [-0.05, 0) is 30.5 Å². The van der Waals surface area contributed by atoms with Crippen molar-refractivity contribution in [1.82, 2.24) is 10.2 Å². The molecule has 25 heavy (non-hydrogen) atoms. The molecule has 0 atom stereocenters. The minimum atomic E-state index is -0.390. The van der Waals surface area contributed by atoms with Crippen molar-refractivity contribution in [3.05, 3.63) is 35.4 Å². The number of carbonyl (C=O) groups is 1. The fourth-order valence-corrected chi connectivity index (χ4v) is 5.39. The van der Waals surface area contributed by atoms with Crippen molar-refractivity contribution in [2.24, 2.45) is 10.7 Å². The van der Waals surface area contributed by atoms with E-state index in [1.165, 1.54) is 37.9 Å². The lowest BCUT2D eigenvalue weighted by molar-refractivity contribution is 0.100. The number of hydrogen-bond acceptors (Lipinski definition) is 3. The van der Waals surface area contributed by atoms with Crippen LogP contribution in [0.15, 0.2) is 29.3 Å². The summed E-state index contributed by atoms with van der Waals surface area (Å²) >= 11 is 2.17. The van der Waals surface area contributed by atoms with Crippen LogP contribution < -0.4 is 11.1 Å². The highest BCUT2D eigenvalue weighted by Crippen LogP contribution is 2.42. The molecule has 1 saturated carbocycles. The summed E-state index contributed by atoms with van der Waals surface area (Å²) in [7, 11) is 1.85. The van der Waals surface area contributed by atoms with E-state index in [1.807, 2.05) is 19.2 Å². The number of carbonyl (C=O) groups excluding carboxylic acids is 1. The molecule has 0 bridgehead atoms. The first kappa shape index (κ1) is 18.1. The Kier molecular flexibility index (Phi) is 5.89. The second-order valence-electron chi connectivity index (χ2n) is 6.98. The lowest BCUT2D eigenvalue weighted by Gasteiger charge is -2.45. The van der Waals surface area contributed by atoms with Gasteiger partial charge in [-0.15, -0.1) is 0 Å². The summed E-state index contributed by atoms with van der Waals surface area (Å²) < 4.78 is 0.428. The Balaban J connectivity index is 1.59. The van der Waals surface area contributed by atoms with Crippen LogP contribution in [0.1, 0.15) is 48.0 Å². The van der Waals surface area contributed by atoms with E-state index in [-0.39, 0.29) is 5.91 Å². The molecule has 1 spiro atoms. The van der Waals surface area contributed by atoms with Gasteiger partial charge in [0.2, 0.25) is 5.91 Å². The van der Waals surface area contributed by atoms with Gasteiger partial charge in [0.05, 0.1) is 0 Å². The number of thioether (sulfide) groups is 1. The normalized spacial score (nSPS) is 20.5. The molecule has 0 radical (unpaired) electrons. The van der Waals surface area contributed by atoms with Crippen LogP contribution in [-0.4, -0.2) is 47.4 Å². The minimum absolute atomic E-state index is 0.390. The molecule has 6 heteroatoms. The zero-order valence-electron chi connectivity index (χ0n) is 15.0. The van der Waals surface area contributed by atoms with Gasteiger partial charge in [0.1, 0.15) is 0 Å². The number of nitrogens with two attached hydrogens (primary N) is 1. The van der Waals surface area contributed by atoms with Gasteiger partial charge in [-0.1, -0.05) is 31.4 Å². The third kappa shape index (κ3) is 4.48. The summed E-state index contributed by atoms with van der Waals surface area (Å²) in [5, 5.41) is 3.48. The lowest BCUT2D eigenvalue weighted by Crippen LogP contribution is -2.53. The van der Waals surface area contributed by atoms with E-state index >= 15 is 0 Å². The number of rotatable bonds is 3. The summed E-state index contributed by atoms with van der Waals surface area (Å²) in [5.41, 5.74) is 6.95. The molecular weight excluding hydrogens is 332 g/mol. The second-order valence-corrected chi connectivity index (χ2v) is 8.54. The minimum Gasteiger partial charge on any atom is -0.366 e. The van der Waals surface area contributed by atoms with E-state index in [9.17, 15) is 4.79 Å². The molecule has 1 aliphatic heterocycles. The molecule has 2 aliphatic rings. The van der Waals surface area contributed by atoms with Crippen LogP contribution in [0.2, 0.25) is 0 Å². The Bertz CT molecular complexity index is 617. The largest absolute Gasteiger partial charge is 0.366 e. The van der Waals surface area contributed by atoms with Gasteiger partial charge >= 0.3 is 0 Å². The quantitative estimate of drug-likeness (QED) is 0.642. The predicted octanol–water partition coefficient (Wildman–Crippen LogP) is 2.61.